The molecule has 0 spiro atoms. The number of aryl methyl sites for hydroxylation is 2. The van der Waals surface area contributed by atoms with E-state index in [0.29, 0.717) is 18.5 Å². The van der Waals surface area contributed by atoms with Gasteiger partial charge in [-0.3, -0.25) is 14.4 Å². The van der Waals surface area contributed by atoms with Crippen molar-refractivity contribution in [3.05, 3.63) is 70.8 Å². The maximum atomic E-state index is 12.3. The first-order valence-corrected chi connectivity index (χ1v) is 9.63. The molecule has 1 aliphatic heterocycles. The molecule has 6 nitrogen and oxygen atoms in total. The first-order valence-electron chi connectivity index (χ1n) is 9.63. The second-order valence-corrected chi connectivity index (χ2v) is 7.08. The van der Waals surface area contributed by atoms with Crippen LogP contribution in [0.5, 0.6) is 0 Å². The van der Waals surface area contributed by atoms with Gasteiger partial charge in [-0.2, -0.15) is 5.10 Å². The van der Waals surface area contributed by atoms with Crippen molar-refractivity contribution in [2.24, 2.45) is 5.10 Å². The van der Waals surface area contributed by atoms with Crippen LogP contribution in [0.2, 0.25) is 0 Å². The van der Waals surface area contributed by atoms with Crippen molar-refractivity contribution in [1.29, 1.82) is 0 Å². The summed E-state index contributed by atoms with van der Waals surface area (Å²) in [6.45, 7) is 3.98. The summed E-state index contributed by atoms with van der Waals surface area (Å²) < 4.78 is 5.05. The lowest BCUT2D eigenvalue weighted by atomic mass is 10.0. The molecular formula is C23H24N2O4. The highest BCUT2D eigenvalue weighted by Crippen LogP contribution is 2.15. The zero-order valence-electron chi connectivity index (χ0n) is 16.7. The maximum absolute atomic E-state index is 12.3. The number of esters is 1. The molecule has 0 aromatic heterocycles. The minimum absolute atomic E-state index is 0.00214. The molecule has 0 bridgehead atoms. The number of carbonyl (C=O) groups is 3. The van der Waals surface area contributed by atoms with E-state index in [-0.39, 0.29) is 31.1 Å². The van der Waals surface area contributed by atoms with Gasteiger partial charge in [-0.25, -0.2) is 5.01 Å². The molecule has 2 aromatic rings. The minimum Gasteiger partial charge on any atom is -0.457 e. The fourth-order valence-corrected chi connectivity index (χ4v) is 3.23. The van der Waals surface area contributed by atoms with Crippen molar-refractivity contribution in [1.82, 2.24) is 5.01 Å². The van der Waals surface area contributed by atoms with E-state index in [2.05, 4.69) is 5.10 Å². The highest BCUT2D eigenvalue weighted by Gasteiger charge is 2.22. The van der Waals surface area contributed by atoms with E-state index in [1.165, 1.54) is 5.01 Å². The summed E-state index contributed by atoms with van der Waals surface area (Å²) in [7, 11) is 0. The molecule has 1 heterocycles. The van der Waals surface area contributed by atoms with E-state index in [4.69, 9.17) is 4.74 Å². The quantitative estimate of drug-likeness (QED) is 0.534. The predicted octanol–water partition coefficient (Wildman–Crippen LogP) is 3.45. The summed E-state index contributed by atoms with van der Waals surface area (Å²) in [6, 6.07) is 15.2. The lowest BCUT2D eigenvalue weighted by molar-refractivity contribution is -0.145. The molecule has 150 valence electrons. The van der Waals surface area contributed by atoms with Crippen molar-refractivity contribution < 1.29 is 19.1 Å². The predicted molar refractivity (Wildman–Crippen MR) is 110 cm³/mol. The van der Waals surface area contributed by atoms with Crippen LogP contribution >= 0.6 is 0 Å². The summed E-state index contributed by atoms with van der Waals surface area (Å²) in [4.78, 5) is 36.5. The van der Waals surface area contributed by atoms with Crippen LogP contribution in [-0.4, -0.2) is 41.5 Å². The average molecular weight is 392 g/mol. The molecule has 0 saturated carbocycles. The van der Waals surface area contributed by atoms with Crippen LogP contribution in [0.1, 0.15) is 46.3 Å². The Hall–Kier alpha value is -3.28. The van der Waals surface area contributed by atoms with E-state index in [1.54, 1.807) is 6.07 Å². The van der Waals surface area contributed by atoms with Gasteiger partial charge in [0.15, 0.2) is 6.61 Å². The van der Waals surface area contributed by atoms with Crippen LogP contribution < -0.4 is 0 Å². The Bertz CT molecular complexity index is 951. The number of hydrazone groups is 1. The van der Waals surface area contributed by atoms with Crippen LogP contribution in [0.25, 0.3) is 0 Å². The van der Waals surface area contributed by atoms with Gasteiger partial charge in [0.1, 0.15) is 0 Å². The number of rotatable bonds is 7. The van der Waals surface area contributed by atoms with Gasteiger partial charge in [0.25, 0.3) is 0 Å². The van der Waals surface area contributed by atoms with E-state index in [9.17, 15) is 14.4 Å². The van der Waals surface area contributed by atoms with E-state index >= 15 is 0 Å². The Kier molecular flexibility index (Phi) is 6.54. The Labute approximate surface area is 170 Å². The molecule has 0 atom stereocenters. The highest BCUT2D eigenvalue weighted by molar-refractivity contribution is 6.02. The SMILES string of the molecule is Cc1ccc(C(=O)COC(=O)CCC(=O)N2CCC(c3ccccc3)=N2)c(C)c1. The van der Waals surface area contributed by atoms with Crippen molar-refractivity contribution in [2.45, 2.75) is 33.1 Å². The molecule has 0 fully saturated rings. The number of benzene rings is 2. The van der Waals surface area contributed by atoms with Crippen LogP contribution in [-0.2, 0) is 14.3 Å². The van der Waals surface area contributed by atoms with Crippen molar-refractivity contribution in [3.63, 3.8) is 0 Å². The van der Waals surface area contributed by atoms with Gasteiger partial charge in [0, 0.05) is 18.4 Å². The van der Waals surface area contributed by atoms with Crippen LogP contribution in [0.3, 0.4) is 0 Å². The largest absolute Gasteiger partial charge is 0.457 e. The van der Waals surface area contributed by atoms with Crippen LogP contribution in [0, 0.1) is 13.8 Å². The topological polar surface area (TPSA) is 76.0 Å². The Balaban J connectivity index is 1.45. The molecule has 2 aromatic carbocycles. The third-order valence-electron chi connectivity index (χ3n) is 4.79. The molecule has 29 heavy (non-hydrogen) atoms. The number of carbonyl (C=O) groups excluding carboxylic acids is 3. The van der Waals surface area contributed by atoms with Gasteiger partial charge in [0.2, 0.25) is 11.7 Å². The number of ketones is 1. The second kappa shape index (κ2) is 9.28. The molecule has 6 heteroatoms. The standard InChI is InChI=1S/C23H24N2O4/c1-16-8-9-19(17(2)14-16)21(26)15-29-23(28)11-10-22(27)25-13-12-20(24-25)18-6-4-3-5-7-18/h3-9,14H,10-13,15H2,1-2H3. The Morgan fingerprint density at radius 1 is 1.03 bits per heavy atom. The summed E-state index contributed by atoms with van der Waals surface area (Å²) in [5, 5.41) is 5.76. The monoisotopic (exact) mass is 392 g/mol. The Morgan fingerprint density at radius 2 is 1.79 bits per heavy atom. The first kappa shape index (κ1) is 20.5. The van der Waals surface area contributed by atoms with E-state index < -0.39 is 5.97 Å². The third-order valence-corrected chi connectivity index (χ3v) is 4.79. The number of amides is 1. The second-order valence-electron chi connectivity index (χ2n) is 7.08. The van der Waals surface area contributed by atoms with Crippen molar-refractivity contribution >= 4 is 23.4 Å². The maximum Gasteiger partial charge on any atom is 0.306 e. The molecule has 0 unspecified atom stereocenters. The molecule has 0 aliphatic carbocycles. The normalized spacial score (nSPS) is 13.2. The number of nitrogens with zero attached hydrogens (tertiary/aromatic N) is 2. The first-order chi connectivity index (χ1) is 13.9. The Morgan fingerprint density at radius 3 is 2.52 bits per heavy atom. The zero-order valence-corrected chi connectivity index (χ0v) is 16.7. The van der Waals surface area contributed by atoms with Gasteiger partial charge in [-0.15, -0.1) is 0 Å². The average Bonchev–Trinajstić information content (AvgIpc) is 3.21. The van der Waals surface area contributed by atoms with E-state index in [1.807, 2.05) is 56.3 Å². The van der Waals surface area contributed by atoms with Gasteiger partial charge in [-0.05, 0) is 25.0 Å². The van der Waals surface area contributed by atoms with Gasteiger partial charge in [0.05, 0.1) is 18.7 Å². The van der Waals surface area contributed by atoms with Crippen LogP contribution in [0.15, 0.2) is 53.6 Å². The number of hydrogen-bond acceptors (Lipinski definition) is 5. The fraction of sp³-hybridized carbons (Fsp3) is 0.304. The summed E-state index contributed by atoms with van der Waals surface area (Å²) in [5.74, 6) is -1.05. The summed E-state index contributed by atoms with van der Waals surface area (Å²) in [6.07, 6.45) is 0.610. The molecular weight excluding hydrogens is 368 g/mol. The molecule has 0 radical (unpaired) electrons. The van der Waals surface area contributed by atoms with Crippen molar-refractivity contribution in [2.75, 3.05) is 13.2 Å². The van der Waals surface area contributed by atoms with Crippen LogP contribution in [0.4, 0.5) is 0 Å². The number of hydrogen-bond donors (Lipinski definition) is 0. The van der Waals surface area contributed by atoms with E-state index in [0.717, 1.165) is 22.4 Å². The molecule has 1 amide bonds. The molecule has 1 aliphatic rings. The molecule has 3 rings (SSSR count). The molecule has 0 saturated heterocycles. The molecule has 0 N–H and O–H groups in total. The summed E-state index contributed by atoms with van der Waals surface area (Å²) in [5.41, 5.74) is 4.31. The highest BCUT2D eigenvalue weighted by atomic mass is 16.5. The lowest BCUT2D eigenvalue weighted by Crippen LogP contribution is -2.24. The fourth-order valence-electron chi connectivity index (χ4n) is 3.23. The van der Waals surface area contributed by atoms with Crippen molar-refractivity contribution in [3.8, 4) is 0 Å². The minimum atomic E-state index is -0.567. The van der Waals surface area contributed by atoms with Gasteiger partial charge < -0.3 is 4.74 Å². The van der Waals surface area contributed by atoms with Gasteiger partial charge in [-0.1, -0.05) is 54.1 Å². The number of Topliss-reactive ketones (excluding diaryl/α,β-unsaturated/α-hetero) is 1. The smallest absolute Gasteiger partial charge is 0.306 e. The zero-order chi connectivity index (χ0) is 20.8. The summed E-state index contributed by atoms with van der Waals surface area (Å²) >= 11 is 0. The number of ether oxygens (including phenoxy) is 1. The van der Waals surface area contributed by atoms with Gasteiger partial charge >= 0.3 is 5.97 Å². The lowest BCUT2D eigenvalue weighted by Gasteiger charge is -2.11. The third kappa shape index (κ3) is 5.38.